The third-order valence-corrected chi connectivity index (χ3v) is 4.88. The van der Waals surface area contributed by atoms with E-state index >= 15 is 0 Å². The molecule has 3 aromatic carbocycles. The Bertz CT molecular complexity index is 1200. The maximum absolute atomic E-state index is 14.1. The average molecular weight is 445 g/mol. The van der Waals surface area contributed by atoms with Gasteiger partial charge in [0.05, 0.1) is 5.56 Å². The third kappa shape index (κ3) is 6.13. The minimum Gasteiger partial charge on any atom is -0.378 e. The maximum atomic E-state index is 14.1. The molecule has 0 fully saturated rings. The van der Waals surface area contributed by atoms with Gasteiger partial charge < -0.3 is 15.5 Å². The van der Waals surface area contributed by atoms with Crippen LogP contribution in [-0.4, -0.2) is 31.7 Å². The number of nitrogens with zero attached hydrogens (tertiary/aromatic N) is 1. The Kier molecular flexibility index (Phi) is 7.35. The summed E-state index contributed by atoms with van der Waals surface area (Å²) in [6.45, 7) is 1.45. The molecule has 7 heteroatoms. The summed E-state index contributed by atoms with van der Waals surface area (Å²) >= 11 is 0. The van der Waals surface area contributed by atoms with E-state index in [9.17, 15) is 18.8 Å². The van der Waals surface area contributed by atoms with E-state index < -0.39 is 17.6 Å². The molecule has 3 rings (SSSR count). The fraction of sp³-hybridized carbons (Fsp3) is 0.115. The van der Waals surface area contributed by atoms with Gasteiger partial charge >= 0.3 is 0 Å². The molecule has 0 aliphatic heterocycles. The molecule has 0 saturated carbocycles. The lowest BCUT2D eigenvalue weighted by Crippen LogP contribution is -2.31. The highest BCUT2D eigenvalue weighted by Crippen LogP contribution is 2.16. The van der Waals surface area contributed by atoms with Crippen molar-refractivity contribution in [2.45, 2.75) is 6.92 Å². The topological polar surface area (TPSA) is 78.5 Å². The SMILES string of the molecule is CC(=O)c1ccc(NC(=O)C(=Cc2ccc(N(C)C)cc2)NC(=O)c2ccccc2F)cc1. The number of hydrogen-bond donors (Lipinski definition) is 2. The summed E-state index contributed by atoms with van der Waals surface area (Å²) < 4.78 is 14.1. The first-order chi connectivity index (χ1) is 15.7. The smallest absolute Gasteiger partial charge is 0.272 e. The van der Waals surface area contributed by atoms with Crippen molar-refractivity contribution in [3.63, 3.8) is 0 Å². The normalized spacial score (nSPS) is 11.0. The van der Waals surface area contributed by atoms with Crippen molar-refractivity contribution in [3.8, 4) is 0 Å². The number of ketones is 1. The number of carbonyl (C=O) groups excluding carboxylic acids is 3. The summed E-state index contributed by atoms with van der Waals surface area (Å²) in [4.78, 5) is 39.1. The number of Topliss-reactive ketones (excluding diaryl/α,β-unsaturated/α-hetero) is 1. The van der Waals surface area contributed by atoms with Gasteiger partial charge in [-0.2, -0.15) is 0 Å². The minimum absolute atomic E-state index is 0.0588. The number of hydrogen-bond acceptors (Lipinski definition) is 4. The van der Waals surface area contributed by atoms with Gasteiger partial charge in [0.25, 0.3) is 11.8 Å². The Morgan fingerprint density at radius 1 is 0.879 bits per heavy atom. The molecule has 0 aromatic heterocycles. The molecule has 0 unspecified atom stereocenters. The Balaban J connectivity index is 1.89. The lowest BCUT2D eigenvalue weighted by molar-refractivity contribution is -0.113. The van der Waals surface area contributed by atoms with E-state index in [2.05, 4.69) is 10.6 Å². The van der Waals surface area contributed by atoms with Crippen molar-refractivity contribution >= 4 is 35.0 Å². The number of nitrogens with one attached hydrogen (secondary N) is 2. The number of amides is 2. The van der Waals surface area contributed by atoms with Crippen molar-refractivity contribution in [1.82, 2.24) is 5.32 Å². The Hall–Kier alpha value is -4.26. The van der Waals surface area contributed by atoms with Crippen LogP contribution in [0.15, 0.2) is 78.5 Å². The van der Waals surface area contributed by atoms with Crippen LogP contribution in [0.2, 0.25) is 0 Å². The zero-order valence-electron chi connectivity index (χ0n) is 18.6. The highest BCUT2D eigenvalue weighted by Gasteiger charge is 2.17. The summed E-state index contributed by atoms with van der Waals surface area (Å²) in [6, 6.07) is 19.3. The van der Waals surface area contributed by atoms with E-state index in [1.54, 1.807) is 36.4 Å². The molecule has 0 aliphatic carbocycles. The van der Waals surface area contributed by atoms with Gasteiger partial charge in [0.15, 0.2) is 5.78 Å². The van der Waals surface area contributed by atoms with Gasteiger partial charge in [-0.25, -0.2) is 4.39 Å². The zero-order chi connectivity index (χ0) is 24.0. The van der Waals surface area contributed by atoms with Crippen LogP contribution in [0.5, 0.6) is 0 Å². The lowest BCUT2D eigenvalue weighted by Gasteiger charge is -2.13. The summed E-state index contributed by atoms with van der Waals surface area (Å²) in [6.07, 6.45) is 1.51. The molecule has 2 amide bonds. The van der Waals surface area contributed by atoms with Crippen LogP contribution < -0.4 is 15.5 Å². The van der Waals surface area contributed by atoms with Gasteiger partial charge in [-0.1, -0.05) is 24.3 Å². The molecule has 0 aliphatic rings. The Labute approximate surface area is 191 Å². The van der Waals surface area contributed by atoms with E-state index in [0.717, 1.165) is 5.69 Å². The monoisotopic (exact) mass is 445 g/mol. The Morgan fingerprint density at radius 2 is 1.52 bits per heavy atom. The molecule has 0 radical (unpaired) electrons. The number of anilines is 2. The predicted octanol–water partition coefficient (Wildman–Crippen LogP) is 4.50. The molecular weight excluding hydrogens is 421 g/mol. The summed E-state index contributed by atoms with van der Waals surface area (Å²) in [7, 11) is 3.82. The van der Waals surface area contributed by atoms with Crippen molar-refractivity contribution in [3.05, 3.63) is 101 Å². The first-order valence-electron chi connectivity index (χ1n) is 10.2. The highest BCUT2D eigenvalue weighted by atomic mass is 19.1. The van der Waals surface area contributed by atoms with Crippen LogP contribution in [0.1, 0.15) is 33.2 Å². The van der Waals surface area contributed by atoms with Gasteiger partial charge in [0, 0.05) is 31.0 Å². The molecule has 6 nitrogen and oxygen atoms in total. The summed E-state index contributed by atoms with van der Waals surface area (Å²) in [5, 5.41) is 5.21. The van der Waals surface area contributed by atoms with Gasteiger partial charge in [0.1, 0.15) is 11.5 Å². The van der Waals surface area contributed by atoms with E-state index in [0.29, 0.717) is 16.8 Å². The molecule has 2 N–H and O–H groups in total. The fourth-order valence-electron chi connectivity index (χ4n) is 3.02. The second-order valence-electron chi connectivity index (χ2n) is 7.57. The molecule has 0 saturated heterocycles. The van der Waals surface area contributed by atoms with E-state index in [4.69, 9.17) is 0 Å². The third-order valence-electron chi connectivity index (χ3n) is 4.88. The van der Waals surface area contributed by atoms with Crippen molar-refractivity contribution < 1.29 is 18.8 Å². The molecular formula is C26H24FN3O3. The van der Waals surface area contributed by atoms with Gasteiger partial charge in [-0.05, 0) is 67.1 Å². The molecule has 3 aromatic rings. The molecule has 0 atom stereocenters. The number of carbonyl (C=O) groups is 3. The largest absolute Gasteiger partial charge is 0.378 e. The highest BCUT2D eigenvalue weighted by molar-refractivity contribution is 6.10. The van der Waals surface area contributed by atoms with Crippen LogP contribution in [0, 0.1) is 5.82 Å². The van der Waals surface area contributed by atoms with E-state index in [1.807, 2.05) is 31.1 Å². The van der Waals surface area contributed by atoms with Crippen LogP contribution in [0.25, 0.3) is 6.08 Å². The first kappa shape index (κ1) is 23.4. The van der Waals surface area contributed by atoms with Gasteiger partial charge in [-0.3, -0.25) is 14.4 Å². The molecule has 0 spiro atoms. The quantitative estimate of drug-likeness (QED) is 0.415. The molecule has 168 valence electrons. The fourth-order valence-corrected chi connectivity index (χ4v) is 3.02. The second kappa shape index (κ2) is 10.4. The molecule has 0 heterocycles. The first-order valence-corrected chi connectivity index (χ1v) is 10.2. The minimum atomic E-state index is -0.744. The summed E-state index contributed by atoms with van der Waals surface area (Å²) in [5.41, 5.74) is 2.36. The average Bonchev–Trinajstić information content (AvgIpc) is 2.79. The standard InChI is InChI=1S/C26H24FN3O3/c1-17(31)19-10-12-20(13-11-19)28-26(33)24(16-18-8-14-21(15-9-18)30(2)3)29-25(32)22-6-4-5-7-23(22)27/h4-16H,1-3H3,(H,28,33)(H,29,32). The van der Waals surface area contributed by atoms with E-state index in [1.165, 1.54) is 37.3 Å². The molecule has 0 bridgehead atoms. The van der Waals surface area contributed by atoms with Crippen LogP contribution in [0.3, 0.4) is 0 Å². The number of benzene rings is 3. The number of rotatable bonds is 7. The van der Waals surface area contributed by atoms with Gasteiger partial charge in [-0.15, -0.1) is 0 Å². The Morgan fingerprint density at radius 3 is 2.09 bits per heavy atom. The zero-order valence-corrected chi connectivity index (χ0v) is 18.6. The van der Waals surface area contributed by atoms with Crippen molar-refractivity contribution in [2.24, 2.45) is 0 Å². The number of halogens is 1. The second-order valence-corrected chi connectivity index (χ2v) is 7.57. The van der Waals surface area contributed by atoms with E-state index in [-0.39, 0.29) is 17.0 Å². The van der Waals surface area contributed by atoms with Crippen LogP contribution in [-0.2, 0) is 4.79 Å². The van der Waals surface area contributed by atoms with Crippen LogP contribution in [0.4, 0.5) is 15.8 Å². The predicted molar refractivity (Wildman–Crippen MR) is 128 cm³/mol. The van der Waals surface area contributed by atoms with Crippen molar-refractivity contribution in [2.75, 3.05) is 24.3 Å². The van der Waals surface area contributed by atoms with Gasteiger partial charge in [0.2, 0.25) is 0 Å². The lowest BCUT2D eigenvalue weighted by atomic mass is 10.1. The maximum Gasteiger partial charge on any atom is 0.272 e. The summed E-state index contributed by atoms with van der Waals surface area (Å²) in [5.74, 6) is -2.12. The molecule has 33 heavy (non-hydrogen) atoms. The van der Waals surface area contributed by atoms with Crippen LogP contribution >= 0.6 is 0 Å². The van der Waals surface area contributed by atoms with Crippen molar-refractivity contribution in [1.29, 1.82) is 0 Å².